The van der Waals surface area contributed by atoms with Gasteiger partial charge in [0, 0.05) is 32.1 Å². The molecule has 1 aliphatic heterocycles. The van der Waals surface area contributed by atoms with Crippen molar-refractivity contribution in [3.63, 3.8) is 0 Å². The topological polar surface area (TPSA) is 76.4 Å². The first kappa shape index (κ1) is 19.0. The van der Waals surface area contributed by atoms with Crippen LogP contribution in [0, 0.1) is 6.92 Å². The molecule has 1 aromatic heterocycles. The second-order valence-electron chi connectivity index (χ2n) is 7.09. The smallest absolute Gasteiger partial charge is 0.191 e. The predicted molar refractivity (Wildman–Crippen MR) is 113 cm³/mol. The largest absolute Gasteiger partial charge is 0.457 e. The summed E-state index contributed by atoms with van der Waals surface area (Å²) in [6, 6.07) is 16.1. The number of nitrogens with one attached hydrogen (secondary N) is 2. The first-order valence-electron chi connectivity index (χ1n) is 9.91. The number of aromatic nitrogens is 3. The number of para-hydroxylation sites is 1. The Kier molecular flexibility index (Phi) is 5.74. The van der Waals surface area contributed by atoms with Gasteiger partial charge in [0.05, 0.1) is 6.54 Å². The number of aryl methyl sites for hydroxylation is 2. The molecule has 7 heteroatoms. The van der Waals surface area contributed by atoms with Crippen molar-refractivity contribution in [3.8, 4) is 11.5 Å². The zero-order chi connectivity index (χ0) is 20.1. The van der Waals surface area contributed by atoms with Crippen LogP contribution in [-0.4, -0.2) is 27.8 Å². The van der Waals surface area contributed by atoms with Crippen molar-refractivity contribution in [2.45, 2.75) is 39.4 Å². The Morgan fingerprint density at radius 3 is 2.76 bits per heavy atom. The second-order valence-corrected chi connectivity index (χ2v) is 7.09. The number of guanidine groups is 1. The van der Waals surface area contributed by atoms with Crippen molar-refractivity contribution in [1.29, 1.82) is 0 Å². The molecule has 7 nitrogen and oxygen atoms in total. The Balaban J connectivity index is 1.39. The maximum atomic E-state index is 6.10. The van der Waals surface area contributed by atoms with Gasteiger partial charge < -0.3 is 19.9 Å². The minimum absolute atomic E-state index is 0.591. The number of hydrogen-bond donors (Lipinski definition) is 2. The van der Waals surface area contributed by atoms with Gasteiger partial charge >= 0.3 is 0 Å². The van der Waals surface area contributed by atoms with E-state index in [9.17, 15) is 0 Å². The maximum absolute atomic E-state index is 6.10. The van der Waals surface area contributed by atoms with Crippen LogP contribution in [0.3, 0.4) is 0 Å². The summed E-state index contributed by atoms with van der Waals surface area (Å²) in [6.07, 6.45) is 2.15. The van der Waals surface area contributed by atoms with Crippen LogP contribution >= 0.6 is 0 Å². The lowest BCUT2D eigenvalue weighted by Crippen LogP contribution is -2.37. The molecular weight excluding hydrogens is 364 g/mol. The molecule has 0 bridgehead atoms. The standard InChI is InChI=1S/C22H26N6O/c1-16-10-11-17(19(13-16)29-18-7-4-3-5-8-18)14-24-22(23-2)25-15-21-27-26-20-9-6-12-28(20)21/h3-5,7-8,10-11,13H,6,9,12,14-15H2,1-2H3,(H2,23,24,25). The number of rotatable bonds is 6. The molecule has 2 aromatic carbocycles. The molecule has 0 atom stereocenters. The van der Waals surface area contributed by atoms with Crippen LogP contribution < -0.4 is 15.4 Å². The summed E-state index contributed by atoms with van der Waals surface area (Å²) in [6.45, 7) is 4.25. The number of benzene rings is 2. The molecule has 2 heterocycles. The Morgan fingerprint density at radius 1 is 1.10 bits per heavy atom. The third kappa shape index (κ3) is 4.56. The molecule has 0 spiro atoms. The summed E-state index contributed by atoms with van der Waals surface area (Å²) in [4.78, 5) is 4.32. The van der Waals surface area contributed by atoms with Gasteiger partial charge in [-0.15, -0.1) is 10.2 Å². The zero-order valence-electron chi connectivity index (χ0n) is 16.9. The van der Waals surface area contributed by atoms with Gasteiger partial charge in [-0.1, -0.05) is 30.3 Å². The number of nitrogens with zero attached hydrogens (tertiary/aromatic N) is 4. The van der Waals surface area contributed by atoms with E-state index in [1.165, 1.54) is 0 Å². The predicted octanol–water partition coefficient (Wildman–Crippen LogP) is 3.19. The van der Waals surface area contributed by atoms with Crippen LogP contribution in [0.15, 0.2) is 53.5 Å². The molecule has 3 aromatic rings. The lowest BCUT2D eigenvalue weighted by atomic mass is 10.1. The first-order valence-corrected chi connectivity index (χ1v) is 9.91. The van der Waals surface area contributed by atoms with E-state index >= 15 is 0 Å². The van der Waals surface area contributed by atoms with E-state index in [1.54, 1.807) is 7.05 Å². The Bertz CT molecular complexity index is 996. The summed E-state index contributed by atoms with van der Waals surface area (Å²) in [5.74, 6) is 4.40. The van der Waals surface area contributed by atoms with E-state index in [1.807, 2.05) is 30.3 Å². The highest BCUT2D eigenvalue weighted by molar-refractivity contribution is 5.79. The van der Waals surface area contributed by atoms with E-state index in [4.69, 9.17) is 4.74 Å². The molecule has 2 N–H and O–H groups in total. The fourth-order valence-electron chi connectivity index (χ4n) is 3.42. The number of ether oxygens (including phenoxy) is 1. The molecule has 4 rings (SSSR count). The zero-order valence-corrected chi connectivity index (χ0v) is 16.9. The Morgan fingerprint density at radius 2 is 1.93 bits per heavy atom. The summed E-state index contributed by atoms with van der Waals surface area (Å²) < 4.78 is 8.29. The van der Waals surface area contributed by atoms with Gasteiger partial charge in [0.1, 0.15) is 17.3 Å². The SMILES string of the molecule is CN=C(NCc1ccc(C)cc1Oc1ccccc1)NCc1nnc2n1CCC2. The first-order chi connectivity index (χ1) is 14.2. The Hall–Kier alpha value is -3.35. The minimum atomic E-state index is 0.591. The van der Waals surface area contributed by atoms with Gasteiger partial charge in [0.25, 0.3) is 0 Å². The number of hydrogen-bond acceptors (Lipinski definition) is 4. The second kappa shape index (κ2) is 8.77. The molecule has 0 fully saturated rings. The van der Waals surface area contributed by atoms with Gasteiger partial charge in [-0.25, -0.2) is 0 Å². The fourth-order valence-corrected chi connectivity index (χ4v) is 3.42. The number of aliphatic imine (C=N–C) groups is 1. The van der Waals surface area contributed by atoms with Crippen molar-refractivity contribution in [2.24, 2.45) is 4.99 Å². The van der Waals surface area contributed by atoms with E-state index in [0.29, 0.717) is 19.0 Å². The van der Waals surface area contributed by atoms with Gasteiger partial charge in [-0.05, 0) is 37.1 Å². The summed E-state index contributed by atoms with van der Waals surface area (Å²) in [7, 11) is 1.76. The van der Waals surface area contributed by atoms with E-state index in [-0.39, 0.29) is 0 Å². The molecule has 0 radical (unpaired) electrons. The molecule has 0 amide bonds. The monoisotopic (exact) mass is 390 g/mol. The maximum Gasteiger partial charge on any atom is 0.191 e. The van der Waals surface area contributed by atoms with Crippen molar-refractivity contribution >= 4 is 5.96 Å². The van der Waals surface area contributed by atoms with Crippen molar-refractivity contribution in [1.82, 2.24) is 25.4 Å². The lowest BCUT2D eigenvalue weighted by Gasteiger charge is -2.15. The normalized spacial score (nSPS) is 13.2. The van der Waals surface area contributed by atoms with Crippen LogP contribution in [0.2, 0.25) is 0 Å². The van der Waals surface area contributed by atoms with E-state index < -0.39 is 0 Å². The molecule has 0 aliphatic carbocycles. The quantitative estimate of drug-likeness (QED) is 0.499. The highest BCUT2D eigenvalue weighted by atomic mass is 16.5. The van der Waals surface area contributed by atoms with Crippen molar-refractivity contribution in [3.05, 3.63) is 71.3 Å². The number of fused-ring (bicyclic) bond motifs is 1. The molecule has 0 saturated carbocycles. The van der Waals surface area contributed by atoms with E-state index in [2.05, 4.69) is 55.5 Å². The molecule has 150 valence electrons. The average Bonchev–Trinajstić information content (AvgIpc) is 3.35. The van der Waals surface area contributed by atoms with Gasteiger partial charge in [0.2, 0.25) is 0 Å². The molecule has 0 unspecified atom stereocenters. The molecule has 0 saturated heterocycles. The molecular formula is C22H26N6O. The molecule has 29 heavy (non-hydrogen) atoms. The summed E-state index contributed by atoms with van der Waals surface area (Å²) in [5, 5.41) is 15.2. The Labute approximate surface area is 170 Å². The van der Waals surface area contributed by atoms with Crippen molar-refractivity contribution < 1.29 is 4.74 Å². The third-order valence-electron chi connectivity index (χ3n) is 4.96. The average molecular weight is 390 g/mol. The summed E-state index contributed by atoms with van der Waals surface area (Å²) >= 11 is 0. The van der Waals surface area contributed by atoms with Gasteiger partial charge in [0.15, 0.2) is 11.8 Å². The van der Waals surface area contributed by atoms with Crippen LogP contribution in [0.5, 0.6) is 11.5 Å². The van der Waals surface area contributed by atoms with Gasteiger partial charge in [-0.2, -0.15) is 0 Å². The summed E-state index contributed by atoms with van der Waals surface area (Å²) in [5.41, 5.74) is 2.22. The van der Waals surface area contributed by atoms with Crippen LogP contribution in [0.4, 0.5) is 0 Å². The molecule has 1 aliphatic rings. The van der Waals surface area contributed by atoms with Crippen LogP contribution in [-0.2, 0) is 26.1 Å². The highest BCUT2D eigenvalue weighted by Crippen LogP contribution is 2.26. The van der Waals surface area contributed by atoms with Gasteiger partial charge in [-0.3, -0.25) is 4.99 Å². The van der Waals surface area contributed by atoms with Crippen LogP contribution in [0.25, 0.3) is 0 Å². The minimum Gasteiger partial charge on any atom is -0.457 e. The van der Waals surface area contributed by atoms with E-state index in [0.717, 1.165) is 53.7 Å². The van der Waals surface area contributed by atoms with Crippen molar-refractivity contribution in [2.75, 3.05) is 7.05 Å². The highest BCUT2D eigenvalue weighted by Gasteiger charge is 2.17. The fraction of sp³-hybridized carbons (Fsp3) is 0.318. The third-order valence-corrected chi connectivity index (χ3v) is 4.96. The lowest BCUT2D eigenvalue weighted by molar-refractivity contribution is 0.474. The van der Waals surface area contributed by atoms with Crippen LogP contribution in [0.1, 0.15) is 29.2 Å².